The van der Waals surface area contributed by atoms with Gasteiger partial charge in [-0.3, -0.25) is 4.79 Å². The van der Waals surface area contributed by atoms with Crippen molar-refractivity contribution in [1.29, 1.82) is 0 Å². The lowest BCUT2D eigenvalue weighted by Crippen LogP contribution is -2.30. The van der Waals surface area contributed by atoms with Crippen LogP contribution in [-0.2, 0) is 28.6 Å². The SMILES string of the molecule is COC(=O)CC1/C(=C(/O)OC)[N+](=O)OC1C(=O)OC. The van der Waals surface area contributed by atoms with Crippen LogP contribution in [0.3, 0.4) is 0 Å². The maximum atomic E-state index is 11.5. The average Bonchev–Trinajstić information content (AvgIpc) is 2.73. The molecule has 1 rings (SSSR count). The molecule has 2 atom stereocenters. The zero-order valence-corrected chi connectivity index (χ0v) is 10.6. The first kappa shape index (κ1) is 14.7. The van der Waals surface area contributed by atoms with Crippen LogP contribution in [0.25, 0.3) is 0 Å². The fourth-order valence-electron chi connectivity index (χ4n) is 1.64. The largest absolute Gasteiger partial charge is 0.476 e. The molecule has 0 aromatic rings. The van der Waals surface area contributed by atoms with Gasteiger partial charge < -0.3 is 19.3 Å². The maximum absolute atomic E-state index is 11.5. The standard InChI is InChI=1S/C10H13NO8/c1-16-6(12)4-5-7(9(13)17-2)11(15)19-8(5)10(14)18-3/h5,8H,4H2,1-3H3/p+1. The van der Waals surface area contributed by atoms with Crippen molar-refractivity contribution in [2.45, 2.75) is 12.5 Å². The van der Waals surface area contributed by atoms with E-state index in [-0.39, 0.29) is 17.0 Å². The van der Waals surface area contributed by atoms with E-state index in [1.165, 1.54) is 0 Å². The Morgan fingerprint density at radius 1 is 1.26 bits per heavy atom. The topological polar surface area (TPSA) is 111 Å². The van der Waals surface area contributed by atoms with E-state index in [1.54, 1.807) is 0 Å². The van der Waals surface area contributed by atoms with Crippen LogP contribution in [0.4, 0.5) is 0 Å². The fraction of sp³-hybridized carbons (Fsp3) is 0.600. The lowest BCUT2D eigenvalue weighted by atomic mass is 9.96. The highest BCUT2D eigenvalue weighted by Crippen LogP contribution is 2.33. The van der Waals surface area contributed by atoms with E-state index in [0.29, 0.717) is 0 Å². The van der Waals surface area contributed by atoms with Crippen molar-refractivity contribution in [1.82, 2.24) is 0 Å². The van der Waals surface area contributed by atoms with Crippen molar-refractivity contribution in [3.8, 4) is 0 Å². The molecule has 1 saturated heterocycles. The molecule has 2 unspecified atom stereocenters. The summed E-state index contributed by atoms with van der Waals surface area (Å²) in [5, 5.41) is 9.49. The van der Waals surface area contributed by atoms with Gasteiger partial charge in [0, 0.05) is 0 Å². The van der Waals surface area contributed by atoms with Gasteiger partial charge >= 0.3 is 23.6 Å². The molecule has 1 heterocycles. The smallest absolute Gasteiger partial charge is 0.380 e. The molecule has 0 bridgehead atoms. The first-order valence-electron chi connectivity index (χ1n) is 5.22. The minimum Gasteiger partial charge on any atom is -0.476 e. The van der Waals surface area contributed by atoms with E-state index in [4.69, 9.17) is 4.84 Å². The second-order valence-corrected chi connectivity index (χ2v) is 3.59. The highest BCUT2D eigenvalue weighted by Gasteiger charge is 2.57. The minimum absolute atomic E-state index is 0.0754. The number of ether oxygens (including phenoxy) is 3. The van der Waals surface area contributed by atoms with Crippen LogP contribution in [-0.4, -0.2) is 49.4 Å². The molecule has 0 radical (unpaired) electrons. The highest BCUT2D eigenvalue weighted by molar-refractivity contribution is 5.78. The third-order valence-corrected chi connectivity index (χ3v) is 2.58. The first-order valence-corrected chi connectivity index (χ1v) is 5.22. The van der Waals surface area contributed by atoms with Crippen molar-refractivity contribution >= 4 is 11.9 Å². The van der Waals surface area contributed by atoms with Crippen LogP contribution >= 0.6 is 0 Å². The molecular formula is C10H14NO8+. The first-order chi connectivity index (χ1) is 8.96. The number of aliphatic hydroxyl groups is 1. The van der Waals surface area contributed by atoms with Crippen molar-refractivity contribution in [2.75, 3.05) is 21.3 Å². The van der Waals surface area contributed by atoms with Gasteiger partial charge in [-0.2, -0.15) is 0 Å². The van der Waals surface area contributed by atoms with Gasteiger partial charge in [-0.1, -0.05) is 0 Å². The Labute approximate surface area is 108 Å². The molecule has 0 spiro atoms. The summed E-state index contributed by atoms with van der Waals surface area (Å²) in [6, 6.07) is 0. The molecule has 0 aliphatic carbocycles. The van der Waals surface area contributed by atoms with E-state index in [9.17, 15) is 19.6 Å². The summed E-state index contributed by atoms with van der Waals surface area (Å²) < 4.78 is 13.4. The van der Waals surface area contributed by atoms with Crippen LogP contribution in [0.1, 0.15) is 6.42 Å². The number of rotatable bonds is 4. The van der Waals surface area contributed by atoms with Gasteiger partial charge in [-0.25, -0.2) is 9.63 Å². The molecule has 1 aliphatic heterocycles. The zero-order chi connectivity index (χ0) is 14.6. The minimum atomic E-state index is -1.35. The van der Waals surface area contributed by atoms with Gasteiger partial charge in [0.15, 0.2) is 0 Å². The molecule has 0 aromatic carbocycles. The van der Waals surface area contributed by atoms with Crippen molar-refractivity contribution in [3.63, 3.8) is 0 Å². The Bertz CT molecular complexity index is 429. The summed E-state index contributed by atoms with van der Waals surface area (Å²) in [4.78, 5) is 38.9. The monoisotopic (exact) mass is 276 g/mol. The molecule has 0 saturated carbocycles. The van der Waals surface area contributed by atoms with E-state index < -0.39 is 29.9 Å². The molecule has 1 aliphatic rings. The predicted octanol–water partition coefficient (Wildman–Crippen LogP) is -0.195. The van der Waals surface area contributed by atoms with Crippen molar-refractivity contribution in [3.05, 3.63) is 16.5 Å². The van der Waals surface area contributed by atoms with Crippen molar-refractivity contribution < 1.29 is 38.7 Å². The molecule has 106 valence electrons. The molecule has 9 nitrogen and oxygen atoms in total. The Kier molecular flexibility index (Phi) is 4.67. The van der Waals surface area contributed by atoms with Gasteiger partial charge in [-0.05, 0) is 0 Å². The van der Waals surface area contributed by atoms with Crippen LogP contribution < -0.4 is 0 Å². The second-order valence-electron chi connectivity index (χ2n) is 3.59. The number of hydrogen-bond donors (Lipinski definition) is 1. The molecule has 1 N–H and O–H groups in total. The summed E-state index contributed by atoms with van der Waals surface area (Å²) >= 11 is 0. The van der Waals surface area contributed by atoms with Gasteiger partial charge in [0.25, 0.3) is 11.0 Å². The summed E-state index contributed by atoms with van der Waals surface area (Å²) in [7, 11) is 3.38. The number of carbonyl (C=O) groups is 2. The number of esters is 2. The molecule has 0 aromatic heterocycles. The molecule has 1 fully saturated rings. The Balaban J connectivity index is 3.13. The second kappa shape index (κ2) is 6.03. The van der Waals surface area contributed by atoms with Crippen LogP contribution in [0.15, 0.2) is 11.6 Å². The summed E-state index contributed by atoms with van der Waals surface area (Å²) in [6.07, 6.45) is -1.70. The number of nitrogens with zero attached hydrogens (tertiary/aromatic N) is 1. The number of methoxy groups -OCH3 is 3. The van der Waals surface area contributed by atoms with E-state index in [0.717, 1.165) is 21.3 Å². The van der Waals surface area contributed by atoms with E-state index >= 15 is 0 Å². The number of hydrogen-bond acceptors (Lipinski definition) is 8. The quantitative estimate of drug-likeness (QED) is 0.555. The fourth-order valence-corrected chi connectivity index (χ4v) is 1.64. The van der Waals surface area contributed by atoms with E-state index in [1.807, 2.05) is 0 Å². The van der Waals surface area contributed by atoms with Crippen LogP contribution in [0.5, 0.6) is 0 Å². The lowest BCUT2D eigenvalue weighted by Gasteiger charge is -2.08. The Morgan fingerprint density at radius 2 is 1.89 bits per heavy atom. The molecule has 0 amide bonds. The molecule has 19 heavy (non-hydrogen) atoms. The maximum Gasteiger partial charge on any atom is 0.380 e. The number of aliphatic hydroxyl groups excluding tert-OH is 1. The van der Waals surface area contributed by atoms with Gasteiger partial charge in [0.1, 0.15) is 5.92 Å². The third-order valence-electron chi connectivity index (χ3n) is 2.58. The van der Waals surface area contributed by atoms with Crippen LogP contribution in [0.2, 0.25) is 0 Å². The zero-order valence-electron chi connectivity index (χ0n) is 10.6. The lowest BCUT2D eigenvalue weighted by molar-refractivity contribution is -0.756. The Morgan fingerprint density at radius 3 is 2.37 bits per heavy atom. The number of carbonyl (C=O) groups excluding carboxylic acids is 2. The van der Waals surface area contributed by atoms with Crippen molar-refractivity contribution in [2.24, 2.45) is 5.92 Å². The average molecular weight is 276 g/mol. The third kappa shape index (κ3) is 2.92. The van der Waals surface area contributed by atoms with Crippen LogP contribution in [0, 0.1) is 10.8 Å². The predicted molar refractivity (Wildman–Crippen MR) is 57.3 cm³/mol. The van der Waals surface area contributed by atoms with Gasteiger partial charge in [0.2, 0.25) is 0 Å². The van der Waals surface area contributed by atoms with Gasteiger partial charge in [-0.15, -0.1) is 0 Å². The van der Waals surface area contributed by atoms with E-state index in [2.05, 4.69) is 14.2 Å². The summed E-state index contributed by atoms with van der Waals surface area (Å²) in [6.45, 7) is 0. The molecule has 9 heteroatoms. The normalized spacial score (nSPS) is 24.5. The Hall–Kier alpha value is -2.32. The highest BCUT2D eigenvalue weighted by atomic mass is 16.8. The summed E-state index contributed by atoms with van der Waals surface area (Å²) in [5.74, 6) is -3.33. The summed E-state index contributed by atoms with van der Waals surface area (Å²) in [5.41, 5.74) is -0.372. The molecular weight excluding hydrogens is 262 g/mol. The van der Waals surface area contributed by atoms with Gasteiger partial charge in [0.05, 0.1) is 32.7 Å².